The second-order valence-corrected chi connectivity index (χ2v) is 4.84. The van der Waals surface area contributed by atoms with Gasteiger partial charge in [-0.2, -0.15) is 0 Å². The first-order chi connectivity index (χ1) is 9.31. The van der Waals surface area contributed by atoms with Crippen molar-refractivity contribution >= 4 is 29.2 Å². The zero-order chi connectivity index (χ0) is 15.0. The minimum Gasteiger partial charge on any atom is -0.477 e. The average molecular weight is 315 g/mol. The molecule has 0 aliphatic heterocycles. The summed E-state index contributed by atoms with van der Waals surface area (Å²) >= 11 is 12.0. The van der Waals surface area contributed by atoms with E-state index in [9.17, 15) is 14.4 Å². The van der Waals surface area contributed by atoms with E-state index < -0.39 is 22.8 Å². The van der Waals surface area contributed by atoms with Crippen molar-refractivity contribution in [3.05, 3.63) is 60.3 Å². The summed E-state index contributed by atoms with van der Waals surface area (Å²) < 4.78 is 0.929. The lowest BCUT2D eigenvalue weighted by atomic mass is 10.2. The topological polar surface area (TPSA) is 92.2 Å². The zero-order valence-corrected chi connectivity index (χ0v) is 11.6. The quantitative estimate of drug-likeness (QED) is 0.884. The number of carboxylic acid groups (broad SMARTS) is 1. The number of hydrogen-bond acceptors (Lipinski definition) is 3. The fourth-order valence-electron chi connectivity index (χ4n) is 1.62. The molecular formula is C12H8Cl2N2O4. The maximum absolute atomic E-state index is 11.8. The molecule has 2 rings (SSSR count). The number of benzene rings is 1. The summed E-state index contributed by atoms with van der Waals surface area (Å²) in [6.45, 7) is 1.73. The highest BCUT2D eigenvalue weighted by Gasteiger charge is 2.14. The fraction of sp³-hybridized carbons (Fsp3) is 0.0833. The van der Waals surface area contributed by atoms with Gasteiger partial charge in [-0.3, -0.25) is 14.3 Å². The molecule has 0 aliphatic rings. The molecule has 0 unspecified atom stereocenters. The van der Waals surface area contributed by atoms with Crippen LogP contribution in [0, 0.1) is 6.92 Å². The summed E-state index contributed by atoms with van der Waals surface area (Å²) in [4.78, 5) is 36.0. The number of aryl methyl sites for hydroxylation is 1. The maximum atomic E-state index is 11.8. The Hall–Kier alpha value is -2.05. The Morgan fingerprint density at radius 3 is 2.50 bits per heavy atom. The first kappa shape index (κ1) is 14.4. The lowest BCUT2D eigenvalue weighted by Gasteiger charge is -2.10. The number of carbonyl (C=O) groups is 1. The number of rotatable bonds is 2. The Balaban J connectivity index is 2.80. The van der Waals surface area contributed by atoms with Gasteiger partial charge < -0.3 is 5.11 Å². The number of nitrogens with one attached hydrogen (secondary N) is 1. The van der Waals surface area contributed by atoms with Crippen molar-refractivity contribution < 1.29 is 9.90 Å². The van der Waals surface area contributed by atoms with E-state index in [1.165, 1.54) is 12.1 Å². The van der Waals surface area contributed by atoms with Crippen LogP contribution in [-0.4, -0.2) is 20.6 Å². The molecular weight excluding hydrogens is 307 g/mol. The number of aromatic carboxylic acids is 1. The van der Waals surface area contributed by atoms with Crippen molar-refractivity contribution in [1.29, 1.82) is 0 Å². The van der Waals surface area contributed by atoms with Crippen molar-refractivity contribution in [1.82, 2.24) is 9.55 Å². The largest absolute Gasteiger partial charge is 0.477 e. The Morgan fingerprint density at radius 2 is 1.90 bits per heavy atom. The van der Waals surface area contributed by atoms with E-state index in [4.69, 9.17) is 28.3 Å². The fourth-order valence-corrected chi connectivity index (χ4v) is 2.09. The van der Waals surface area contributed by atoms with Gasteiger partial charge in [0.15, 0.2) is 0 Å². The van der Waals surface area contributed by atoms with Gasteiger partial charge in [-0.25, -0.2) is 9.59 Å². The highest BCUT2D eigenvalue weighted by Crippen LogP contribution is 2.26. The molecule has 0 bridgehead atoms. The molecule has 0 amide bonds. The van der Waals surface area contributed by atoms with Crippen LogP contribution in [0.15, 0.2) is 27.9 Å². The molecule has 104 valence electrons. The summed E-state index contributed by atoms with van der Waals surface area (Å²) in [7, 11) is 0. The summed E-state index contributed by atoms with van der Waals surface area (Å²) in [6.07, 6.45) is 0.913. The average Bonchev–Trinajstić information content (AvgIpc) is 2.34. The molecule has 1 heterocycles. The minimum atomic E-state index is -1.45. The van der Waals surface area contributed by atoms with Crippen LogP contribution in [0.3, 0.4) is 0 Å². The highest BCUT2D eigenvalue weighted by molar-refractivity contribution is 6.35. The van der Waals surface area contributed by atoms with Gasteiger partial charge in [-0.15, -0.1) is 0 Å². The monoisotopic (exact) mass is 314 g/mol. The van der Waals surface area contributed by atoms with Crippen LogP contribution in [-0.2, 0) is 0 Å². The second kappa shape index (κ2) is 5.15. The third kappa shape index (κ3) is 2.48. The van der Waals surface area contributed by atoms with Crippen LogP contribution in [0.25, 0.3) is 5.69 Å². The normalized spacial score (nSPS) is 10.6. The predicted octanol–water partition coefficient (Wildman–Crippen LogP) is 1.84. The standard InChI is InChI=1S/C12H8Cl2N2O4/c1-5-2-8(14)9(3-7(5)13)16-4-6(11(18)19)10(17)15-12(16)20/h2-4H,1H3,(H,18,19)(H,15,17,20). The summed E-state index contributed by atoms with van der Waals surface area (Å²) in [5.41, 5.74) is -1.46. The molecule has 0 saturated carbocycles. The molecule has 2 aromatic rings. The number of aromatic amines is 1. The lowest BCUT2D eigenvalue weighted by molar-refractivity contribution is 0.0694. The van der Waals surface area contributed by atoms with Crippen LogP contribution in [0.4, 0.5) is 0 Å². The Labute approximate surface area is 122 Å². The number of nitrogens with zero attached hydrogens (tertiary/aromatic N) is 1. The molecule has 20 heavy (non-hydrogen) atoms. The van der Waals surface area contributed by atoms with E-state index in [1.54, 1.807) is 6.92 Å². The van der Waals surface area contributed by atoms with Crippen LogP contribution in [0.1, 0.15) is 15.9 Å². The molecule has 0 atom stereocenters. The van der Waals surface area contributed by atoms with Gasteiger partial charge in [0.2, 0.25) is 0 Å². The van der Waals surface area contributed by atoms with Gasteiger partial charge in [0.05, 0.1) is 10.7 Å². The maximum Gasteiger partial charge on any atom is 0.342 e. The number of carboxylic acids is 1. The first-order valence-electron chi connectivity index (χ1n) is 5.36. The highest BCUT2D eigenvalue weighted by atomic mass is 35.5. The van der Waals surface area contributed by atoms with Crippen molar-refractivity contribution in [2.24, 2.45) is 0 Å². The molecule has 8 heteroatoms. The smallest absolute Gasteiger partial charge is 0.342 e. The van der Waals surface area contributed by atoms with Gasteiger partial charge in [0.25, 0.3) is 5.56 Å². The van der Waals surface area contributed by atoms with E-state index in [1.807, 2.05) is 4.98 Å². The van der Waals surface area contributed by atoms with Crippen molar-refractivity contribution in [2.45, 2.75) is 6.92 Å². The van der Waals surface area contributed by atoms with Gasteiger partial charge in [0, 0.05) is 11.2 Å². The Kier molecular flexibility index (Phi) is 3.69. The third-order valence-electron chi connectivity index (χ3n) is 2.66. The molecule has 2 N–H and O–H groups in total. The number of halogens is 2. The van der Waals surface area contributed by atoms with Crippen LogP contribution in [0.5, 0.6) is 0 Å². The molecule has 0 aliphatic carbocycles. The second-order valence-electron chi connectivity index (χ2n) is 4.03. The summed E-state index contributed by atoms with van der Waals surface area (Å²) in [6, 6.07) is 2.96. The molecule has 1 aromatic heterocycles. The number of H-pyrrole nitrogens is 1. The van der Waals surface area contributed by atoms with Crippen LogP contribution >= 0.6 is 23.2 Å². The predicted molar refractivity (Wildman–Crippen MR) is 74.4 cm³/mol. The molecule has 0 spiro atoms. The molecule has 6 nitrogen and oxygen atoms in total. The first-order valence-corrected chi connectivity index (χ1v) is 6.12. The van der Waals surface area contributed by atoms with Gasteiger partial charge >= 0.3 is 11.7 Å². The van der Waals surface area contributed by atoms with Crippen molar-refractivity contribution in [2.75, 3.05) is 0 Å². The van der Waals surface area contributed by atoms with E-state index in [0.717, 1.165) is 10.8 Å². The molecule has 0 radical (unpaired) electrons. The van der Waals surface area contributed by atoms with Gasteiger partial charge in [0.1, 0.15) is 5.56 Å². The SMILES string of the molecule is Cc1cc(Cl)c(-n2cc(C(=O)O)c(=O)[nH]c2=O)cc1Cl. The van der Waals surface area contributed by atoms with E-state index in [2.05, 4.69) is 0 Å². The van der Waals surface area contributed by atoms with Crippen molar-refractivity contribution in [3.8, 4) is 5.69 Å². The van der Waals surface area contributed by atoms with Gasteiger partial charge in [-0.05, 0) is 24.6 Å². The zero-order valence-electron chi connectivity index (χ0n) is 10.1. The summed E-state index contributed by atoms with van der Waals surface area (Å²) in [5.74, 6) is -1.45. The summed E-state index contributed by atoms with van der Waals surface area (Å²) in [5, 5.41) is 9.47. The van der Waals surface area contributed by atoms with E-state index in [0.29, 0.717) is 10.6 Å². The van der Waals surface area contributed by atoms with Crippen LogP contribution < -0.4 is 11.2 Å². The third-order valence-corrected chi connectivity index (χ3v) is 3.37. The molecule has 1 aromatic carbocycles. The van der Waals surface area contributed by atoms with Gasteiger partial charge in [-0.1, -0.05) is 23.2 Å². The molecule has 0 saturated heterocycles. The molecule has 0 fully saturated rings. The van der Waals surface area contributed by atoms with Crippen LogP contribution in [0.2, 0.25) is 10.0 Å². The van der Waals surface area contributed by atoms with Crippen molar-refractivity contribution in [3.63, 3.8) is 0 Å². The Morgan fingerprint density at radius 1 is 1.25 bits per heavy atom. The number of aromatic nitrogens is 2. The van der Waals surface area contributed by atoms with E-state index >= 15 is 0 Å². The minimum absolute atomic E-state index is 0.186. The number of hydrogen-bond donors (Lipinski definition) is 2. The Bertz CT molecular complexity index is 823. The van der Waals surface area contributed by atoms with E-state index in [-0.39, 0.29) is 10.7 Å². The lowest BCUT2D eigenvalue weighted by Crippen LogP contribution is -2.32.